The van der Waals surface area contributed by atoms with Gasteiger partial charge in [0.1, 0.15) is 0 Å². The smallest absolute Gasteiger partial charge is 0.269 e. The minimum atomic E-state index is -1.68. The molecule has 6 nitrogen and oxygen atoms in total. The first-order valence-electron chi connectivity index (χ1n) is 8.96. The van der Waals surface area contributed by atoms with Crippen LogP contribution in [-0.4, -0.2) is 20.8 Å². The van der Waals surface area contributed by atoms with E-state index in [1.807, 2.05) is 13.0 Å². The highest BCUT2D eigenvalue weighted by Crippen LogP contribution is 2.44. The van der Waals surface area contributed by atoms with E-state index in [0.29, 0.717) is 27.3 Å². The molecule has 1 unspecified atom stereocenters. The van der Waals surface area contributed by atoms with E-state index in [4.69, 9.17) is 11.6 Å². The maximum Gasteiger partial charge on any atom is 0.269 e. The van der Waals surface area contributed by atoms with Gasteiger partial charge in [0.25, 0.3) is 11.6 Å². The van der Waals surface area contributed by atoms with Crippen LogP contribution in [-0.2, 0) is 12.3 Å². The summed E-state index contributed by atoms with van der Waals surface area (Å²) in [6.07, 6.45) is 0. The molecule has 0 radical (unpaired) electrons. The lowest BCUT2D eigenvalue weighted by Crippen LogP contribution is -2.44. The maximum atomic E-state index is 13.3. The molecule has 0 aromatic heterocycles. The number of rotatable bonds is 4. The van der Waals surface area contributed by atoms with Crippen LogP contribution < -0.4 is 0 Å². The Morgan fingerprint density at radius 3 is 2.34 bits per heavy atom. The van der Waals surface area contributed by atoms with Crippen molar-refractivity contribution in [3.05, 3.63) is 110 Å². The lowest BCUT2D eigenvalue weighted by Gasteiger charge is -2.35. The number of fused-ring (bicyclic) bond motifs is 1. The first-order chi connectivity index (χ1) is 13.8. The zero-order valence-corrected chi connectivity index (χ0v) is 16.3. The molecule has 1 amide bonds. The fourth-order valence-electron chi connectivity index (χ4n) is 3.75. The first kappa shape index (κ1) is 19.1. The lowest BCUT2D eigenvalue weighted by atomic mass is 9.92. The Bertz CT molecular complexity index is 1110. The molecule has 0 bridgehead atoms. The van der Waals surface area contributed by atoms with Crippen molar-refractivity contribution in [3.8, 4) is 0 Å². The van der Waals surface area contributed by atoms with Crippen LogP contribution in [0.2, 0.25) is 5.02 Å². The molecule has 0 spiro atoms. The van der Waals surface area contributed by atoms with Gasteiger partial charge in [-0.1, -0.05) is 54.1 Å². The number of aliphatic hydroxyl groups is 1. The topological polar surface area (TPSA) is 83.7 Å². The van der Waals surface area contributed by atoms with Gasteiger partial charge in [-0.3, -0.25) is 19.8 Å². The van der Waals surface area contributed by atoms with E-state index in [1.54, 1.807) is 48.5 Å². The Kier molecular flexibility index (Phi) is 4.61. The average molecular weight is 409 g/mol. The van der Waals surface area contributed by atoms with E-state index in [9.17, 15) is 20.0 Å². The van der Waals surface area contributed by atoms with Crippen molar-refractivity contribution in [3.63, 3.8) is 0 Å². The van der Waals surface area contributed by atoms with Gasteiger partial charge in [0, 0.05) is 34.8 Å². The van der Waals surface area contributed by atoms with Crippen molar-refractivity contribution < 1.29 is 14.8 Å². The molecule has 0 saturated heterocycles. The Morgan fingerprint density at radius 1 is 1.07 bits per heavy atom. The van der Waals surface area contributed by atoms with Crippen LogP contribution in [0, 0.1) is 17.0 Å². The van der Waals surface area contributed by atoms with Crippen LogP contribution in [0.15, 0.2) is 66.7 Å². The van der Waals surface area contributed by atoms with Gasteiger partial charge >= 0.3 is 0 Å². The second kappa shape index (κ2) is 6.99. The molecule has 0 fully saturated rings. The molecule has 29 heavy (non-hydrogen) atoms. The minimum Gasteiger partial charge on any atom is -0.363 e. The Hall–Kier alpha value is -3.22. The van der Waals surface area contributed by atoms with Crippen LogP contribution in [0.3, 0.4) is 0 Å². The quantitative estimate of drug-likeness (QED) is 0.512. The molecule has 1 N–H and O–H groups in total. The van der Waals surface area contributed by atoms with Crippen LogP contribution in [0.25, 0.3) is 0 Å². The third kappa shape index (κ3) is 3.06. The number of hydrogen-bond donors (Lipinski definition) is 1. The van der Waals surface area contributed by atoms with Crippen molar-refractivity contribution in [2.24, 2.45) is 0 Å². The van der Waals surface area contributed by atoms with Gasteiger partial charge in [0.15, 0.2) is 5.72 Å². The Morgan fingerprint density at radius 2 is 1.72 bits per heavy atom. The standard InChI is InChI=1S/C22H17ClN2O4/c1-14-3-2-4-19-20(14)21(26)24(13-15-5-11-18(12-6-15)25(28)29)22(19,27)16-7-9-17(23)10-8-16/h2-12,27H,13H2,1H3. The number of halogens is 1. The Balaban J connectivity index is 1.82. The summed E-state index contributed by atoms with van der Waals surface area (Å²) in [7, 11) is 0. The molecule has 0 saturated carbocycles. The van der Waals surface area contributed by atoms with E-state index >= 15 is 0 Å². The van der Waals surface area contributed by atoms with Crippen molar-refractivity contribution in [1.82, 2.24) is 4.90 Å². The molecule has 0 aliphatic carbocycles. The van der Waals surface area contributed by atoms with Crippen molar-refractivity contribution in [1.29, 1.82) is 0 Å². The summed E-state index contributed by atoms with van der Waals surface area (Å²) in [6.45, 7) is 1.92. The van der Waals surface area contributed by atoms with Gasteiger partial charge in [0.05, 0.1) is 10.5 Å². The molecule has 4 rings (SSSR count). The largest absolute Gasteiger partial charge is 0.363 e. The number of aryl methyl sites for hydroxylation is 1. The third-order valence-corrected chi connectivity index (χ3v) is 5.48. The normalized spacial score (nSPS) is 18.0. The van der Waals surface area contributed by atoms with Gasteiger partial charge in [0.2, 0.25) is 0 Å². The highest BCUT2D eigenvalue weighted by molar-refractivity contribution is 6.30. The van der Waals surface area contributed by atoms with Gasteiger partial charge in [-0.25, -0.2) is 0 Å². The molecule has 1 aliphatic heterocycles. The SMILES string of the molecule is Cc1cccc2c1C(=O)N(Cc1ccc([N+](=O)[O-])cc1)C2(O)c1ccc(Cl)cc1. The number of hydrogen-bond acceptors (Lipinski definition) is 4. The van der Waals surface area contributed by atoms with Crippen LogP contribution in [0.1, 0.15) is 32.6 Å². The van der Waals surface area contributed by atoms with E-state index in [0.717, 1.165) is 5.56 Å². The minimum absolute atomic E-state index is 0.0337. The van der Waals surface area contributed by atoms with E-state index in [2.05, 4.69) is 0 Å². The number of nitrogens with zero attached hydrogens (tertiary/aromatic N) is 2. The number of amides is 1. The second-order valence-corrected chi connectivity index (χ2v) is 7.43. The summed E-state index contributed by atoms with van der Waals surface area (Å²) in [5, 5.41) is 23.2. The molecule has 146 valence electrons. The third-order valence-electron chi connectivity index (χ3n) is 5.23. The summed E-state index contributed by atoms with van der Waals surface area (Å²) in [4.78, 5) is 25.1. The lowest BCUT2D eigenvalue weighted by molar-refractivity contribution is -0.384. The summed E-state index contributed by atoms with van der Waals surface area (Å²) >= 11 is 6.01. The summed E-state index contributed by atoms with van der Waals surface area (Å²) in [5.41, 5.74) is 1.21. The highest BCUT2D eigenvalue weighted by atomic mass is 35.5. The molecule has 1 aliphatic rings. The summed E-state index contributed by atoms with van der Waals surface area (Å²) < 4.78 is 0. The number of nitro benzene ring substituents is 1. The Labute approximate surface area is 172 Å². The number of benzene rings is 3. The van der Waals surface area contributed by atoms with Gasteiger partial charge < -0.3 is 5.11 Å². The van der Waals surface area contributed by atoms with Gasteiger partial charge in [-0.2, -0.15) is 0 Å². The van der Waals surface area contributed by atoms with Gasteiger partial charge in [-0.15, -0.1) is 0 Å². The maximum absolute atomic E-state index is 13.3. The second-order valence-electron chi connectivity index (χ2n) is 6.99. The van der Waals surface area contributed by atoms with Crippen molar-refractivity contribution in [2.75, 3.05) is 0 Å². The molecule has 1 atom stereocenters. The fourth-order valence-corrected chi connectivity index (χ4v) is 3.88. The molecular weight excluding hydrogens is 392 g/mol. The number of carbonyl (C=O) groups excluding carboxylic acids is 1. The number of nitro groups is 1. The summed E-state index contributed by atoms with van der Waals surface area (Å²) in [6, 6.07) is 18.0. The highest BCUT2D eigenvalue weighted by Gasteiger charge is 2.50. The van der Waals surface area contributed by atoms with Crippen LogP contribution in [0.5, 0.6) is 0 Å². The van der Waals surface area contributed by atoms with Crippen molar-refractivity contribution >= 4 is 23.2 Å². The molecule has 7 heteroatoms. The first-order valence-corrected chi connectivity index (χ1v) is 9.34. The van der Waals surface area contributed by atoms with Crippen LogP contribution in [0.4, 0.5) is 5.69 Å². The number of non-ortho nitro benzene ring substituents is 1. The predicted molar refractivity (Wildman–Crippen MR) is 109 cm³/mol. The summed E-state index contributed by atoms with van der Waals surface area (Å²) in [5.74, 6) is -0.297. The van der Waals surface area contributed by atoms with Gasteiger partial charge in [-0.05, 0) is 30.2 Å². The molecule has 3 aromatic carbocycles. The molecular formula is C22H17ClN2O4. The average Bonchev–Trinajstić information content (AvgIpc) is 2.92. The fraction of sp³-hybridized carbons (Fsp3) is 0.136. The monoisotopic (exact) mass is 408 g/mol. The van der Waals surface area contributed by atoms with E-state index in [1.165, 1.54) is 17.0 Å². The molecule has 3 aromatic rings. The molecule has 1 heterocycles. The zero-order chi connectivity index (χ0) is 20.8. The van der Waals surface area contributed by atoms with Crippen molar-refractivity contribution in [2.45, 2.75) is 19.2 Å². The number of carbonyl (C=O) groups is 1. The zero-order valence-electron chi connectivity index (χ0n) is 15.5. The van der Waals surface area contributed by atoms with E-state index < -0.39 is 10.6 Å². The predicted octanol–water partition coefficient (Wildman–Crippen LogP) is 4.41. The van der Waals surface area contributed by atoms with E-state index in [-0.39, 0.29) is 18.1 Å². The van der Waals surface area contributed by atoms with Crippen LogP contribution >= 0.6 is 11.6 Å².